The average Bonchev–Trinajstić information content (AvgIpc) is 2.35. The van der Waals surface area contributed by atoms with Crippen LogP contribution < -0.4 is 4.74 Å². The highest BCUT2D eigenvalue weighted by atomic mass is 16.6. The molecule has 1 aromatic carbocycles. The third-order valence-corrected chi connectivity index (χ3v) is 2.33. The van der Waals surface area contributed by atoms with Crippen LogP contribution in [0.4, 0.5) is 0 Å². The van der Waals surface area contributed by atoms with Gasteiger partial charge in [-0.25, -0.2) is 4.79 Å². The van der Waals surface area contributed by atoms with Crippen LogP contribution in [0.2, 0.25) is 0 Å². The van der Waals surface area contributed by atoms with Crippen molar-refractivity contribution in [2.24, 2.45) is 0 Å². The Morgan fingerprint density at radius 1 is 1.19 bits per heavy atom. The Labute approximate surface area is 95.1 Å². The zero-order chi connectivity index (χ0) is 12.0. The van der Waals surface area contributed by atoms with Gasteiger partial charge in [0.25, 0.3) is 0 Å². The molecule has 0 bridgehead atoms. The number of benzene rings is 1. The number of ether oxygens (including phenoxy) is 3. The molecular weight excluding hydrogens is 208 g/mol. The first-order valence-corrected chi connectivity index (χ1v) is 4.94. The summed E-state index contributed by atoms with van der Waals surface area (Å²) >= 11 is 0. The van der Waals surface area contributed by atoms with Crippen LogP contribution >= 0.6 is 0 Å². The fraction of sp³-hybridized carbons (Fsp3) is 0.417. The number of carbonyl (C=O) groups excluding carboxylic acids is 1. The molecular formula is C12H16O4. The average molecular weight is 224 g/mol. The van der Waals surface area contributed by atoms with Gasteiger partial charge in [-0.3, -0.25) is 0 Å². The van der Waals surface area contributed by atoms with Crippen LogP contribution in [-0.4, -0.2) is 33.4 Å². The molecule has 0 aliphatic heterocycles. The molecule has 1 atom stereocenters. The van der Waals surface area contributed by atoms with E-state index in [4.69, 9.17) is 9.47 Å². The molecule has 4 heteroatoms. The van der Waals surface area contributed by atoms with Gasteiger partial charge in [0, 0.05) is 13.5 Å². The van der Waals surface area contributed by atoms with Crippen molar-refractivity contribution < 1.29 is 19.0 Å². The summed E-state index contributed by atoms with van der Waals surface area (Å²) in [6, 6.07) is 7.49. The smallest absolute Gasteiger partial charge is 0.335 e. The predicted octanol–water partition coefficient (Wildman–Crippen LogP) is 1.43. The van der Waals surface area contributed by atoms with E-state index in [1.807, 2.05) is 24.3 Å². The number of carbonyl (C=O) groups is 1. The SMILES string of the molecule is COC(=O)[C@@H](Cc1ccc(OC)cc1)OC. The maximum absolute atomic E-state index is 11.3. The van der Waals surface area contributed by atoms with Gasteiger partial charge in [0.2, 0.25) is 0 Å². The van der Waals surface area contributed by atoms with Gasteiger partial charge in [0.05, 0.1) is 14.2 Å². The molecule has 0 aliphatic rings. The van der Waals surface area contributed by atoms with E-state index in [1.165, 1.54) is 14.2 Å². The first-order valence-electron chi connectivity index (χ1n) is 4.94. The Kier molecular flexibility index (Phi) is 4.79. The van der Waals surface area contributed by atoms with Crippen molar-refractivity contribution in [2.75, 3.05) is 21.3 Å². The fourth-order valence-electron chi connectivity index (χ4n) is 1.37. The molecule has 0 fully saturated rings. The van der Waals surface area contributed by atoms with E-state index < -0.39 is 6.10 Å². The Balaban J connectivity index is 2.66. The number of hydrogen-bond acceptors (Lipinski definition) is 4. The minimum absolute atomic E-state index is 0.363. The highest BCUT2D eigenvalue weighted by Gasteiger charge is 2.18. The van der Waals surface area contributed by atoms with Crippen LogP contribution in [0.15, 0.2) is 24.3 Å². The maximum atomic E-state index is 11.3. The summed E-state index contributed by atoms with van der Waals surface area (Å²) in [6.07, 6.45) is -0.0638. The zero-order valence-corrected chi connectivity index (χ0v) is 9.73. The molecule has 0 unspecified atom stereocenters. The van der Waals surface area contributed by atoms with Gasteiger partial charge >= 0.3 is 5.97 Å². The number of rotatable bonds is 5. The van der Waals surface area contributed by atoms with E-state index in [1.54, 1.807) is 7.11 Å². The normalized spacial score (nSPS) is 11.9. The number of esters is 1. The number of methoxy groups -OCH3 is 3. The first-order chi connectivity index (χ1) is 7.71. The molecule has 1 aromatic rings. The quantitative estimate of drug-likeness (QED) is 0.710. The van der Waals surface area contributed by atoms with E-state index in [0.717, 1.165) is 11.3 Å². The molecule has 16 heavy (non-hydrogen) atoms. The zero-order valence-electron chi connectivity index (χ0n) is 9.73. The van der Waals surface area contributed by atoms with Gasteiger partial charge in [-0.2, -0.15) is 0 Å². The van der Waals surface area contributed by atoms with Gasteiger partial charge in [-0.05, 0) is 17.7 Å². The minimum Gasteiger partial charge on any atom is -0.497 e. The topological polar surface area (TPSA) is 44.8 Å². The highest BCUT2D eigenvalue weighted by molar-refractivity contribution is 5.74. The third kappa shape index (κ3) is 3.24. The Morgan fingerprint density at radius 2 is 1.81 bits per heavy atom. The molecule has 0 aromatic heterocycles. The number of hydrogen-bond donors (Lipinski definition) is 0. The molecule has 88 valence electrons. The summed E-state index contributed by atoms with van der Waals surface area (Å²) in [5.74, 6) is 0.425. The van der Waals surface area contributed by atoms with Crippen LogP contribution in [0, 0.1) is 0 Å². The van der Waals surface area contributed by atoms with Gasteiger partial charge in [-0.15, -0.1) is 0 Å². The molecule has 0 saturated carbocycles. The lowest BCUT2D eigenvalue weighted by Crippen LogP contribution is -2.26. The molecule has 0 spiro atoms. The highest BCUT2D eigenvalue weighted by Crippen LogP contribution is 2.13. The monoisotopic (exact) mass is 224 g/mol. The third-order valence-electron chi connectivity index (χ3n) is 2.33. The lowest BCUT2D eigenvalue weighted by Gasteiger charge is -2.12. The lowest BCUT2D eigenvalue weighted by atomic mass is 10.1. The first kappa shape index (κ1) is 12.5. The van der Waals surface area contributed by atoms with Crippen molar-refractivity contribution in [3.8, 4) is 5.75 Å². The second kappa shape index (κ2) is 6.12. The summed E-state index contributed by atoms with van der Waals surface area (Å²) in [5.41, 5.74) is 0.998. The van der Waals surface area contributed by atoms with Gasteiger partial charge in [0.15, 0.2) is 6.10 Å². The van der Waals surface area contributed by atoms with Crippen molar-refractivity contribution in [3.63, 3.8) is 0 Å². The summed E-state index contributed by atoms with van der Waals surface area (Å²) in [6.45, 7) is 0. The molecule has 0 N–H and O–H groups in total. The van der Waals surface area contributed by atoms with Crippen molar-refractivity contribution in [3.05, 3.63) is 29.8 Å². The lowest BCUT2D eigenvalue weighted by molar-refractivity contribution is -0.152. The molecule has 0 amide bonds. The van der Waals surface area contributed by atoms with Gasteiger partial charge in [0.1, 0.15) is 5.75 Å². The molecule has 0 aliphatic carbocycles. The Bertz CT molecular complexity index is 331. The van der Waals surface area contributed by atoms with E-state index in [0.29, 0.717) is 6.42 Å². The second-order valence-corrected chi connectivity index (χ2v) is 3.30. The minimum atomic E-state index is -0.557. The van der Waals surface area contributed by atoms with Crippen molar-refractivity contribution in [2.45, 2.75) is 12.5 Å². The standard InChI is InChI=1S/C12H16O4/c1-14-10-6-4-9(5-7-10)8-11(15-2)12(13)16-3/h4-7,11H,8H2,1-3H3/t11-/m1/s1. The molecule has 1 rings (SSSR count). The van der Waals surface area contributed by atoms with Gasteiger partial charge in [-0.1, -0.05) is 12.1 Å². The van der Waals surface area contributed by atoms with Crippen molar-refractivity contribution in [1.82, 2.24) is 0 Å². The van der Waals surface area contributed by atoms with Crippen molar-refractivity contribution >= 4 is 5.97 Å². The maximum Gasteiger partial charge on any atom is 0.335 e. The summed E-state index contributed by atoms with van der Waals surface area (Å²) < 4.78 is 14.7. The molecule has 0 heterocycles. The van der Waals surface area contributed by atoms with Crippen molar-refractivity contribution in [1.29, 1.82) is 0 Å². The van der Waals surface area contributed by atoms with E-state index in [-0.39, 0.29) is 5.97 Å². The Morgan fingerprint density at radius 3 is 2.25 bits per heavy atom. The molecule has 0 saturated heterocycles. The van der Waals surface area contributed by atoms with Gasteiger partial charge < -0.3 is 14.2 Å². The molecule has 0 radical (unpaired) electrons. The molecule has 4 nitrogen and oxygen atoms in total. The van der Waals surface area contributed by atoms with Crippen LogP contribution in [-0.2, 0) is 20.7 Å². The fourth-order valence-corrected chi connectivity index (χ4v) is 1.37. The summed E-state index contributed by atoms with van der Waals surface area (Å²) in [5, 5.41) is 0. The summed E-state index contributed by atoms with van der Waals surface area (Å²) in [7, 11) is 4.45. The van der Waals surface area contributed by atoms with E-state index >= 15 is 0 Å². The van der Waals surface area contributed by atoms with Crippen LogP contribution in [0.3, 0.4) is 0 Å². The van der Waals surface area contributed by atoms with Crippen LogP contribution in [0.25, 0.3) is 0 Å². The largest absolute Gasteiger partial charge is 0.497 e. The van der Waals surface area contributed by atoms with Crippen LogP contribution in [0.1, 0.15) is 5.56 Å². The predicted molar refractivity (Wildman–Crippen MR) is 59.5 cm³/mol. The van der Waals surface area contributed by atoms with Crippen LogP contribution in [0.5, 0.6) is 5.75 Å². The summed E-state index contributed by atoms with van der Waals surface area (Å²) in [4.78, 5) is 11.3. The van der Waals surface area contributed by atoms with E-state index in [2.05, 4.69) is 4.74 Å². The second-order valence-electron chi connectivity index (χ2n) is 3.30. The van der Waals surface area contributed by atoms with E-state index in [9.17, 15) is 4.79 Å². The Hall–Kier alpha value is -1.55.